The van der Waals surface area contributed by atoms with Gasteiger partial charge < -0.3 is 0 Å². The number of piperidine rings is 1. The summed E-state index contributed by atoms with van der Waals surface area (Å²) in [6.07, 6.45) is 0.854. The van der Waals surface area contributed by atoms with Gasteiger partial charge in [0.05, 0.1) is 4.47 Å². The quantitative estimate of drug-likeness (QED) is 0.853. The molecule has 18 heavy (non-hydrogen) atoms. The lowest BCUT2D eigenvalue weighted by molar-refractivity contribution is -0.137. The van der Waals surface area contributed by atoms with Crippen LogP contribution in [0, 0.1) is 11.7 Å². The maximum Gasteiger partial charge on any atom is 0.230 e. The molecule has 0 aliphatic carbocycles. The third-order valence-electron chi connectivity index (χ3n) is 3.30. The fraction of sp³-hybridized carbons (Fsp3) is 0.385. The van der Waals surface area contributed by atoms with E-state index in [0.29, 0.717) is 16.5 Å². The fourth-order valence-corrected chi connectivity index (χ4v) is 2.62. The van der Waals surface area contributed by atoms with Gasteiger partial charge in [-0.3, -0.25) is 14.9 Å². The first-order chi connectivity index (χ1) is 8.52. The molecule has 2 amide bonds. The number of halogens is 2. The van der Waals surface area contributed by atoms with Crippen molar-refractivity contribution >= 4 is 27.7 Å². The van der Waals surface area contributed by atoms with Crippen molar-refractivity contribution in [2.45, 2.75) is 25.7 Å². The van der Waals surface area contributed by atoms with E-state index in [1.807, 2.05) is 6.92 Å². The van der Waals surface area contributed by atoms with Crippen LogP contribution in [0.5, 0.6) is 0 Å². The number of hydrogen-bond donors (Lipinski definition) is 1. The molecule has 1 aromatic rings. The zero-order valence-corrected chi connectivity index (χ0v) is 11.5. The van der Waals surface area contributed by atoms with Gasteiger partial charge in [-0.1, -0.05) is 13.0 Å². The third-order valence-corrected chi connectivity index (χ3v) is 3.95. The molecular formula is C13H13BrFNO2. The highest BCUT2D eigenvalue weighted by Crippen LogP contribution is 2.34. The van der Waals surface area contributed by atoms with Crippen LogP contribution < -0.4 is 5.32 Å². The molecule has 1 saturated heterocycles. The van der Waals surface area contributed by atoms with Gasteiger partial charge in [0.2, 0.25) is 11.8 Å². The van der Waals surface area contributed by atoms with Crippen molar-refractivity contribution in [3.63, 3.8) is 0 Å². The van der Waals surface area contributed by atoms with Crippen LogP contribution in [0.15, 0.2) is 22.7 Å². The van der Waals surface area contributed by atoms with Crippen molar-refractivity contribution in [1.29, 1.82) is 0 Å². The highest BCUT2D eigenvalue weighted by atomic mass is 79.9. The first kappa shape index (κ1) is 13.2. The zero-order valence-electron chi connectivity index (χ0n) is 9.87. The molecule has 0 aromatic heterocycles. The largest absolute Gasteiger partial charge is 0.296 e. The minimum absolute atomic E-state index is 0.227. The van der Waals surface area contributed by atoms with Crippen molar-refractivity contribution in [2.75, 3.05) is 0 Å². The molecule has 1 heterocycles. The summed E-state index contributed by atoms with van der Waals surface area (Å²) in [5, 5.41) is 2.33. The van der Waals surface area contributed by atoms with Gasteiger partial charge in [0.1, 0.15) is 5.82 Å². The average molecular weight is 314 g/mol. The summed E-state index contributed by atoms with van der Waals surface area (Å²) in [5.74, 6) is -1.44. The number of carbonyl (C=O) groups excluding carboxylic acids is 2. The van der Waals surface area contributed by atoms with Crippen LogP contribution in [0.4, 0.5) is 4.39 Å². The fourth-order valence-electron chi connectivity index (χ4n) is 2.37. The van der Waals surface area contributed by atoms with E-state index in [0.717, 1.165) is 0 Å². The standard InChI is InChI=1S/C13H13BrFNO2/c1-2-8-9(6-12(17)16-13(8)18)7-3-4-10(14)11(15)5-7/h3-5,8-9H,2,6H2,1H3,(H,16,17,18). The van der Waals surface area contributed by atoms with E-state index in [1.54, 1.807) is 12.1 Å². The molecule has 2 atom stereocenters. The molecule has 3 nitrogen and oxygen atoms in total. The maximum atomic E-state index is 13.5. The van der Waals surface area contributed by atoms with Crippen LogP contribution in [0.2, 0.25) is 0 Å². The van der Waals surface area contributed by atoms with Gasteiger partial charge in [-0.05, 0) is 40.0 Å². The Morgan fingerprint density at radius 1 is 1.44 bits per heavy atom. The van der Waals surface area contributed by atoms with Crippen molar-refractivity contribution in [1.82, 2.24) is 5.32 Å². The third kappa shape index (κ3) is 2.46. The van der Waals surface area contributed by atoms with Gasteiger partial charge in [0, 0.05) is 18.3 Å². The Hall–Kier alpha value is -1.23. The molecule has 1 fully saturated rings. The minimum Gasteiger partial charge on any atom is -0.296 e. The zero-order chi connectivity index (χ0) is 13.3. The van der Waals surface area contributed by atoms with Gasteiger partial charge >= 0.3 is 0 Å². The number of carbonyl (C=O) groups is 2. The number of benzene rings is 1. The Morgan fingerprint density at radius 3 is 2.78 bits per heavy atom. The molecule has 1 N–H and O–H groups in total. The molecule has 1 aliphatic rings. The second-order valence-electron chi connectivity index (χ2n) is 4.41. The summed E-state index contributed by atoms with van der Waals surface area (Å²) in [6, 6.07) is 4.75. The van der Waals surface area contributed by atoms with E-state index >= 15 is 0 Å². The smallest absolute Gasteiger partial charge is 0.230 e. The van der Waals surface area contributed by atoms with Crippen LogP contribution in [-0.4, -0.2) is 11.8 Å². The van der Waals surface area contributed by atoms with Crippen molar-refractivity contribution < 1.29 is 14.0 Å². The van der Waals surface area contributed by atoms with Crippen molar-refractivity contribution in [3.8, 4) is 0 Å². The van der Waals surface area contributed by atoms with Gasteiger partial charge in [-0.25, -0.2) is 4.39 Å². The maximum absolute atomic E-state index is 13.5. The molecule has 0 spiro atoms. The summed E-state index contributed by atoms with van der Waals surface area (Å²) in [4.78, 5) is 23.2. The molecule has 0 bridgehead atoms. The van der Waals surface area contributed by atoms with Gasteiger partial charge in [-0.15, -0.1) is 0 Å². The number of amides is 2. The predicted octanol–water partition coefficient (Wildman–Crippen LogP) is 2.74. The van der Waals surface area contributed by atoms with Crippen LogP contribution in [-0.2, 0) is 9.59 Å². The first-order valence-corrected chi connectivity index (χ1v) is 6.61. The highest BCUT2D eigenvalue weighted by molar-refractivity contribution is 9.10. The molecule has 5 heteroatoms. The summed E-state index contributed by atoms with van der Waals surface area (Å²) in [7, 11) is 0. The van der Waals surface area contributed by atoms with Crippen LogP contribution in [0.1, 0.15) is 31.2 Å². The molecule has 1 aliphatic heterocycles. The number of imide groups is 1. The summed E-state index contributed by atoms with van der Waals surface area (Å²) < 4.78 is 13.9. The summed E-state index contributed by atoms with van der Waals surface area (Å²) >= 11 is 3.09. The van der Waals surface area contributed by atoms with Crippen LogP contribution in [0.25, 0.3) is 0 Å². The molecule has 2 rings (SSSR count). The second kappa shape index (κ2) is 5.18. The Kier molecular flexibility index (Phi) is 3.80. The van der Waals surface area contributed by atoms with E-state index in [-0.39, 0.29) is 35.9 Å². The van der Waals surface area contributed by atoms with Gasteiger partial charge in [0.25, 0.3) is 0 Å². The van der Waals surface area contributed by atoms with Gasteiger partial charge in [0.15, 0.2) is 0 Å². The molecule has 0 saturated carbocycles. The van der Waals surface area contributed by atoms with E-state index in [2.05, 4.69) is 21.2 Å². The lowest BCUT2D eigenvalue weighted by atomic mass is 9.79. The number of nitrogens with one attached hydrogen (secondary N) is 1. The monoisotopic (exact) mass is 313 g/mol. The molecule has 2 unspecified atom stereocenters. The SMILES string of the molecule is CCC1C(=O)NC(=O)CC1c1ccc(Br)c(F)c1. The van der Waals surface area contributed by atoms with E-state index in [1.165, 1.54) is 6.07 Å². The minimum atomic E-state index is -0.374. The van der Waals surface area contributed by atoms with Crippen LogP contribution in [0.3, 0.4) is 0 Å². The average Bonchev–Trinajstić information content (AvgIpc) is 2.32. The Bertz CT molecular complexity index is 504. The van der Waals surface area contributed by atoms with Gasteiger partial charge in [-0.2, -0.15) is 0 Å². The van der Waals surface area contributed by atoms with E-state index in [4.69, 9.17) is 0 Å². The normalized spacial score (nSPS) is 23.9. The molecule has 1 aromatic carbocycles. The molecular weight excluding hydrogens is 301 g/mol. The lowest BCUT2D eigenvalue weighted by Gasteiger charge is -2.29. The summed E-state index contributed by atoms with van der Waals surface area (Å²) in [6.45, 7) is 1.89. The van der Waals surface area contributed by atoms with E-state index < -0.39 is 0 Å². The van der Waals surface area contributed by atoms with Crippen molar-refractivity contribution in [2.24, 2.45) is 5.92 Å². The predicted molar refractivity (Wildman–Crippen MR) is 68.4 cm³/mol. The topological polar surface area (TPSA) is 46.2 Å². The lowest BCUT2D eigenvalue weighted by Crippen LogP contribution is -2.44. The van der Waals surface area contributed by atoms with E-state index in [9.17, 15) is 14.0 Å². The Balaban J connectivity index is 2.36. The number of rotatable bonds is 2. The number of hydrogen-bond acceptors (Lipinski definition) is 2. The molecule has 96 valence electrons. The second-order valence-corrected chi connectivity index (χ2v) is 5.27. The summed E-state index contributed by atoms with van der Waals surface area (Å²) in [5.41, 5.74) is 0.700. The Labute approximate surface area is 113 Å². The highest BCUT2D eigenvalue weighted by Gasteiger charge is 2.35. The molecule has 0 radical (unpaired) electrons. The Morgan fingerprint density at radius 2 is 2.17 bits per heavy atom. The first-order valence-electron chi connectivity index (χ1n) is 5.81. The van der Waals surface area contributed by atoms with Crippen molar-refractivity contribution in [3.05, 3.63) is 34.1 Å². The van der Waals surface area contributed by atoms with Crippen LogP contribution >= 0.6 is 15.9 Å².